The molecule has 2 N–H and O–H groups in total. The number of hydrogen-bond donors (Lipinski definition) is 2. The van der Waals surface area contributed by atoms with Gasteiger partial charge in [0.25, 0.3) is 0 Å². The van der Waals surface area contributed by atoms with Crippen LogP contribution >= 0.6 is 11.3 Å². The molecule has 0 aliphatic rings. The number of nitrogens with one attached hydrogen (secondary N) is 1. The van der Waals surface area contributed by atoms with Crippen LogP contribution in [0, 0.1) is 0 Å². The van der Waals surface area contributed by atoms with Gasteiger partial charge in [0.15, 0.2) is 0 Å². The van der Waals surface area contributed by atoms with Crippen molar-refractivity contribution in [2.45, 2.75) is 26.1 Å². The Morgan fingerprint density at radius 3 is 2.82 bits per heavy atom. The van der Waals surface area contributed by atoms with Crippen LogP contribution in [0.2, 0.25) is 0 Å². The molecule has 1 unspecified atom stereocenters. The minimum absolute atomic E-state index is 0.507. The summed E-state index contributed by atoms with van der Waals surface area (Å²) in [6.07, 6.45) is 5.10. The molecular formula is C16H18N4OS. The average Bonchev–Trinajstić information content (AvgIpc) is 3.15. The van der Waals surface area contributed by atoms with Crippen LogP contribution in [0.4, 0.5) is 5.69 Å². The van der Waals surface area contributed by atoms with Gasteiger partial charge >= 0.3 is 0 Å². The third kappa shape index (κ3) is 3.72. The van der Waals surface area contributed by atoms with Gasteiger partial charge in [0.1, 0.15) is 11.1 Å². The Hall–Kier alpha value is -2.18. The van der Waals surface area contributed by atoms with Crippen molar-refractivity contribution in [3.05, 3.63) is 64.4 Å². The molecule has 0 aliphatic carbocycles. The quantitative estimate of drug-likeness (QED) is 0.734. The van der Waals surface area contributed by atoms with E-state index in [9.17, 15) is 5.11 Å². The van der Waals surface area contributed by atoms with E-state index in [2.05, 4.69) is 27.5 Å². The smallest absolute Gasteiger partial charge is 0.121 e. The Labute approximate surface area is 133 Å². The second-order valence-corrected chi connectivity index (χ2v) is 6.25. The van der Waals surface area contributed by atoms with E-state index >= 15 is 0 Å². The fourth-order valence-corrected chi connectivity index (χ4v) is 2.89. The summed E-state index contributed by atoms with van der Waals surface area (Å²) in [7, 11) is 0. The lowest BCUT2D eigenvalue weighted by atomic mass is 10.2. The summed E-state index contributed by atoms with van der Waals surface area (Å²) < 4.78 is 1.91. The fraction of sp³-hybridized carbons (Fsp3) is 0.250. The summed E-state index contributed by atoms with van der Waals surface area (Å²) in [5.41, 5.74) is 2.20. The molecule has 0 amide bonds. The van der Waals surface area contributed by atoms with Crippen LogP contribution in [0.25, 0.3) is 0 Å². The van der Waals surface area contributed by atoms with Gasteiger partial charge in [-0.2, -0.15) is 5.10 Å². The Morgan fingerprint density at radius 1 is 1.27 bits per heavy atom. The summed E-state index contributed by atoms with van der Waals surface area (Å²) in [5, 5.41) is 17.9. The molecule has 0 aliphatic heterocycles. The summed E-state index contributed by atoms with van der Waals surface area (Å²) in [4.78, 5) is 5.29. The van der Waals surface area contributed by atoms with E-state index in [4.69, 9.17) is 0 Å². The van der Waals surface area contributed by atoms with Crippen LogP contribution in [0.1, 0.15) is 28.5 Å². The molecule has 1 aromatic carbocycles. The predicted molar refractivity (Wildman–Crippen MR) is 87.8 cm³/mol. The molecule has 0 bridgehead atoms. The van der Waals surface area contributed by atoms with E-state index < -0.39 is 6.10 Å². The third-order valence-electron chi connectivity index (χ3n) is 3.22. The zero-order valence-corrected chi connectivity index (χ0v) is 13.1. The van der Waals surface area contributed by atoms with Gasteiger partial charge in [-0.3, -0.25) is 4.68 Å². The molecule has 5 nitrogen and oxygen atoms in total. The molecule has 0 spiro atoms. The first-order chi connectivity index (χ1) is 10.7. The number of hydrogen-bond acceptors (Lipinski definition) is 5. The first-order valence-electron chi connectivity index (χ1n) is 7.13. The molecule has 2 heterocycles. The van der Waals surface area contributed by atoms with E-state index in [-0.39, 0.29) is 0 Å². The van der Waals surface area contributed by atoms with E-state index in [1.54, 1.807) is 13.1 Å². The van der Waals surface area contributed by atoms with Gasteiger partial charge < -0.3 is 10.4 Å². The van der Waals surface area contributed by atoms with Crippen LogP contribution in [0.15, 0.2) is 48.9 Å². The first kappa shape index (κ1) is 14.7. The maximum Gasteiger partial charge on any atom is 0.121 e. The van der Waals surface area contributed by atoms with Gasteiger partial charge in [-0.15, -0.1) is 11.3 Å². The highest BCUT2D eigenvalue weighted by Gasteiger charge is 2.07. The maximum absolute atomic E-state index is 9.48. The largest absolute Gasteiger partial charge is 0.386 e. The monoisotopic (exact) mass is 314 g/mol. The molecule has 0 saturated heterocycles. The summed E-state index contributed by atoms with van der Waals surface area (Å²) in [6.45, 7) is 3.17. The highest BCUT2D eigenvalue weighted by atomic mass is 32.1. The topological polar surface area (TPSA) is 63.0 Å². The Morgan fingerprint density at radius 2 is 2.09 bits per heavy atom. The highest BCUT2D eigenvalue weighted by Crippen LogP contribution is 2.20. The summed E-state index contributed by atoms with van der Waals surface area (Å²) >= 11 is 1.52. The fourth-order valence-electron chi connectivity index (χ4n) is 2.10. The lowest BCUT2D eigenvalue weighted by Gasteiger charge is -2.02. The molecular weight excluding hydrogens is 296 g/mol. The maximum atomic E-state index is 9.48. The lowest BCUT2D eigenvalue weighted by Crippen LogP contribution is -2.00. The van der Waals surface area contributed by atoms with Crippen molar-refractivity contribution in [3.63, 3.8) is 0 Å². The Bertz CT molecular complexity index is 721. The van der Waals surface area contributed by atoms with Crippen molar-refractivity contribution in [1.29, 1.82) is 0 Å². The van der Waals surface area contributed by atoms with Crippen LogP contribution in [-0.4, -0.2) is 19.9 Å². The predicted octanol–water partition coefficient (Wildman–Crippen LogP) is 3.05. The van der Waals surface area contributed by atoms with Crippen LogP contribution < -0.4 is 5.32 Å². The summed E-state index contributed by atoms with van der Waals surface area (Å²) in [6, 6.07) is 10.2. The first-order valence-corrected chi connectivity index (χ1v) is 7.95. The average molecular weight is 314 g/mol. The number of aromatic nitrogens is 3. The van der Waals surface area contributed by atoms with Crippen LogP contribution in [0.5, 0.6) is 0 Å². The number of nitrogens with zero attached hydrogens (tertiary/aromatic N) is 3. The lowest BCUT2D eigenvalue weighted by molar-refractivity contribution is 0.199. The number of anilines is 1. The van der Waals surface area contributed by atoms with Crippen molar-refractivity contribution in [3.8, 4) is 0 Å². The molecule has 6 heteroatoms. The minimum Gasteiger partial charge on any atom is -0.386 e. The Balaban J connectivity index is 1.57. The van der Waals surface area contributed by atoms with Crippen LogP contribution in [-0.2, 0) is 13.1 Å². The normalized spacial score (nSPS) is 12.3. The Kier molecular flexibility index (Phi) is 4.50. The number of benzene rings is 1. The summed E-state index contributed by atoms with van der Waals surface area (Å²) in [5.74, 6) is 0. The standard InChI is InChI=1S/C16H18N4OS/c1-12(21)16-18-9-15(22-16)8-17-14-7-19-20(11-14)10-13-5-3-2-4-6-13/h2-7,9,11-12,17,21H,8,10H2,1H3. The molecule has 22 heavy (non-hydrogen) atoms. The van der Waals surface area contributed by atoms with Gasteiger partial charge in [0.2, 0.25) is 0 Å². The second-order valence-electron chi connectivity index (χ2n) is 5.11. The molecule has 3 aromatic rings. The SMILES string of the molecule is CC(O)c1ncc(CNc2cnn(Cc3ccccc3)c2)s1. The second kappa shape index (κ2) is 6.72. The molecule has 1 atom stereocenters. The van der Waals surface area contributed by atoms with Gasteiger partial charge in [0, 0.05) is 17.3 Å². The van der Waals surface area contributed by atoms with E-state index in [1.165, 1.54) is 16.9 Å². The highest BCUT2D eigenvalue weighted by molar-refractivity contribution is 7.11. The van der Waals surface area contributed by atoms with Gasteiger partial charge in [-0.05, 0) is 12.5 Å². The van der Waals surface area contributed by atoms with Gasteiger partial charge in [0.05, 0.1) is 25.0 Å². The molecule has 0 saturated carbocycles. The minimum atomic E-state index is -0.507. The van der Waals surface area contributed by atoms with Crippen molar-refractivity contribution < 1.29 is 5.11 Å². The zero-order chi connectivity index (χ0) is 15.4. The van der Waals surface area contributed by atoms with Crippen molar-refractivity contribution in [2.24, 2.45) is 0 Å². The van der Waals surface area contributed by atoms with Crippen molar-refractivity contribution in [1.82, 2.24) is 14.8 Å². The molecule has 114 valence electrons. The number of rotatable bonds is 6. The molecule has 0 radical (unpaired) electrons. The molecule has 3 rings (SSSR count). The van der Waals surface area contributed by atoms with Crippen molar-refractivity contribution in [2.75, 3.05) is 5.32 Å². The zero-order valence-electron chi connectivity index (χ0n) is 12.3. The van der Waals surface area contributed by atoms with Gasteiger partial charge in [-0.25, -0.2) is 4.98 Å². The number of thiazole rings is 1. The molecule has 0 fully saturated rings. The third-order valence-corrected chi connectivity index (χ3v) is 4.38. The van der Waals surface area contributed by atoms with Crippen molar-refractivity contribution >= 4 is 17.0 Å². The van der Waals surface area contributed by atoms with E-state index in [1.807, 2.05) is 35.3 Å². The van der Waals surface area contributed by atoms with E-state index in [0.717, 1.165) is 22.1 Å². The van der Waals surface area contributed by atoms with Crippen LogP contribution in [0.3, 0.4) is 0 Å². The van der Waals surface area contributed by atoms with E-state index in [0.29, 0.717) is 6.54 Å². The number of aliphatic hydroxyl groups excluding tert-OH is 1. The van der Waals surface area contributed by atoms with Gasteiger partial charge in [-0.1, -0.05) is 30.3 Å². The number of aliphatic hydroxyl groups is 1. The molecule has 2 aromatic heterocycles.